The average molecular weight is 449 g/mol. The lowest BCUT2D eigenvalue weighted by Gasteiger charge is -2.56. The standard InChI is InChI=1S/C28H36N2OS/c1-27-16-13-23-25(32-26(30-23)29-17-14-18-6-4-3-5-7-18)22(27)9-8-19-20-10-11-24(31)28(20,2)15-12-21(19)27/h3-7,9,19-21,24,31H,8,10-17H2,1-2H3,(H,29,30)/t19-,20-,21-,24-,27+,28-/m0/s1. The Bertz CT molecular complexity index is 1030. The molecule has 0 saturated heterocycles. The molecule has 2 fully saturated rings. The highest BCUT2D eigenvalue weighted by molar-refractivity contribution is 7.16. The van der Waals surface area contributed by atoms with Crippen LogP contribution in [0.15, 0.2) is 36.4 Å². The summed E-state index contributed by atoms with van der Waals surface area (Å²) in [6.45, 7) is 5.86. The van der Waals surface area contributed by atoms with E-state index in [0.29, 0.717) is 5.92 Å². The zero-order chi connectivity index (χ0) is 21.9. The average Bonchev–Trinajstić information content (AvgIpc) is 3.34. The summed E-state index contributed by atoms with van der Waals surface area (Å²) in [5.41, 5.74) is 4.71. The zero-order valence-corrected chi connectivity index (χ0v) is 20.3. The molecule has 0 amide bonds. The fourth-order valence-electron chi connectivity index (χ4n) is 7.88. The maximum absolute atomic E-state index is 10.7. The van der Waals surface area contributed by atoms with Crippen molar-refractivity contribution < 1.29 is 5.11 Å². The third kappa shape index (κ3) is 3.13. The quantitative estimate of drug-likeness (QED) is 0.573. The molecule has 170 valence electrons. The van der Waals surface area contributed by atoms with Crippen LogP contribution >= 0.6 is 11.3 Å². The Morgan fingerprint density at radius 2 is 1.94 bits per heavy atom. The number of fused-ring (bicyclic) bond motifs is 7. The minimum absolute atomic E-state index is 0.0874. The second-order valence-electron chi connectivity index (χ2n) is 11.2. The van der Waals surface area contributed by atoms with Crippen LogP contribution in [0.5, 0.6) is 0 Å². The van der Waals surface area contributed by atoms with E-state index in [2.05, 4.69) is 55.6 Å². The van der Waals surface area contributed by atoms with Crippen molar-refractivity contribution in [3.63, 3.8) is 0 Å². The van der Waals surface area contributed by atoms with Crippen LogP contribution in [-0.2, 0) is 12.8 Å². The highest BCUT2D eigenvalue weighted by Gasteiger charge is 2.58. The Labute approximate surface area is 196 Å². The van der Waals surface area contributed by atoms with E-state index in [-0.39, 0.29) is 16.9 Å². The van der Waals surface area contributed by atoms with Crippen LogP contribution in [0.1, 0.15) is 68.5 Å². The second kappa shape index (κ2) is 7.70. The molecule has 4 aliphatic rings. The number of thiazole rings is 1. The van der Waals surface area contributed by atoms with Crippen molar-refractivity contribution in [1.82, 2.24) is 4.98 Å². The Morgan fingerprint density at radius 3 is 2.78 bits per heavy atom. The number of aliphatic hydroxyl groups is 1. The van der Waals surface area contributed by atoms with Gasteiger partial charge in [0.1, 0.15) is 0 Å². The van der Waals surface area contributed by atoms with Gasteiger partial charge in [-0.3, -0.25) is 0 Å². The van der Waals surface area contributed by atoms with Gasteiger partial charge in [-0.25, -0.2) is 4.98 Å². The highest BCUT2D eigenvalue weighted by atomic mass is 32.1. The molecule has 2 aromatic rings. The van der Waals surface area contributed by atoms with Crippen molar-refractivity contribution in [2.75, 3.05) is 11.9 Å². The van der Waals surface area contributed by atoms with Gasteiger partial charge < -0.3 is 10.4 Å². The lowest BCUT2D eigenvalue weighted by Crippen LogP contribution is -2.50. The number of benzene rings is 1. The molecule has 0 bridgehead atoms. The van der Waals surface area contributed by atoms with Gasteiger partial charge in [0.25, 0.3) is 0 Å². The van der Waals surface area contributed by atoms with Crippen LogP contribution in [0.2, 0.25) is 0 Å². The molecule has 1 heterocycles. The van der Waals surface area contributed by atoms with Gasteiger partial charge >= 0.3 is 0 Å². The topological polar surface area (TPSA) is 45.2 Å². The summed E-state index contributed by atoms with van der Waals surface area (Å²) in [6, 6.07) is 10.7. The van der Waals surface area contributed by atoms with Crippen molar-refractivity contribution in [1.29, 1.82) is 0 Å². The molecule has 4 aliphatic carbocycles. The maximum atomic E-state index is 10.7. The predicted molar refractivity (Wildman–Crippen MR) is 133 cm³/mol. The van der Waals surface area contributed by atoms with Crippen molar-refractivity contribution in [2.45, 2.75) is 71.3 Å². The number of nitrogens with zero attached hydrogens (tertiary/aromatic N) is 1. The Balaban J connectivity index is 1.23. The first-order valence-electron chi connectivity index (χ1n) is 12.7. The van der Waals surface area contributed by atoms with Gasteiger partial charge in [0, 0.05) is 6.54 Å². The second-order valence-corrected chi connectivity index (χ2v) is 12.2. The highest BCUT2D eigenvalue weighted by Crippen LogP contribution is 2.66. The number of anilines is 1. The minimum atomic E-state index is -0.0874. The van der Waals surface area contributed by atoms with Gasteiger partial charge in [-0.15, -0.1) is 0 Å². The number of aliphatic hydroxyl groups excluding tert-OH is 1. The van der Waals surface area contributed by atoms with Gasteiger partial charge in [0.2, 0.25) is 0 Å². The van der Waals surface area contributed by atoms with Crippen LogP contribution in [0.4, 0.5) is 5.13 Å². The molecule has 1 aromatic heterocycles. The number of aryl methyl sites for hydroxylation is 1. The number of aromatic nitrogens is 1. The van der Waals surface area contributed by atoms with E-state index in [4.69, 9.17) is 4.98 Å². The summed E-state index contributed by atoms with van der Waals surface area (Å²) < 4.78 is 0. The lowest BCUT2D eigenvalue weighted by atomic mass is 9.48. The van der Waals surface area contributed by atoms with Crippen LogP contribution in [0.3, 0.4) is 0 Å². The van der Waals surface area contributed by atoms with Crippen LogP contribution in [-0.4, -0.2) is 22.7 Å². The SMILES string of the molecule is C[C@]12CC[C@H]3[C@@H](CC=C4c5sc(NCCc6ccccc6)nc5CC[C@@]43C)[C@@H]1CC[C@@H]2O. The normalized spacial score (nSPS) is 37.7. The van der Waals surface area contributed by atoms with E-state index in [1.165, 1.54) is 48.2 Å². The molecule has 2 saturated carbocycles. The summed E-state index contributed by atoms with van der Waals surface area (Å²) in [4.78, 5) is 6.47. The number of hydrogen-bond acceptors (Lipinski definition) is 4. The van der Waals surface area contributed by atoms with E-state index in [1.807, 2.05) is 11.3 Å². The zero-order valence-electron chi connectivity index (χ0n) is 19.4. The van der Waals surface area contributed by atoms with Crippen LogP contribution in [0, 0.1) is 28.6 Å². The van der Waals surface area contributed by atoms with Gasteiger partial charge in [0.15, 0.2) is 5.13 Å². The van der Waals surface area contributed by atoms with E-state index >= 15 is 0 Å². The maximum Gasteiger partial charge on any atom is 0.183 e. The number of hydrogen-bond donors (Lipinski definition) is 2. The third-order valence-electron chi connectivity index (χ3n) is 9.77. The van der Waals surface area contributed by atoms with Crippen molar-refractivity contribution in [2.24, 2.45) is 28.6 Å². The van der Waals surface area contributed by atoms with Crippen LogP contribution < -0.4 is 5.32 Å². The Hall–Kier alpha value is -1.65. The molecule has 4 heteroatoms. The number of nitrogens with one attached hydrogen (secondary N) is 1. The molecule has 0 aliphatic heterocycles. The number of allylic oxidation sites excluding steroid dienone is 2. The lowest BCUT2D eigenvalue weighted by molar-refractivity contribution is -0.0579. The van der Waals surface area contributed by atoms with Gasteiger partial charge in [-0.05, 0) is 91.1 Å². The molecule has 0 unspecified atom stereocenters. The first kappa shape index (κ1) is 20.9. The van der Waals surface area contributed by atoms with E-state index in [1.54, 1.807) is 5.57 Å². The first-order chi connectivity index (χ1) is 15.5. The van der Waals surface area contributed by atoms with Gasteiger partial charge in [-0.1, -0.05) is 61.6 Å². The molecule has 2 N–H and O–H groups in total. The molecule has 6 rings (SSSR count). The summed E-state index contributed by atoms with van der Waals surface area (Å²) >= 11 is 1.88. The largest absolute Gasteiger partial charge is 0.393 e. The first-order valence-corrected chi connectivity index (χ1v) is 13.5. The number of rotatable bonds is 4. The van der Waals surface area contributed by atoms with Crippen molar-refractivity contribution in [3.8, 4) is 0 Å². The molecular formula is C28H36N2OS. The molecule has 6 atom stereocenters. The Kier molecular flexibility index (Phi) is 5.03. The van der Waals surface area contributed by atoms with Gasteiger partial charge in [0.05, 0.1) is 16.7 Å². The van der Waals surface area contributed by atoms with Crippen molar-refractivity contribution >= 4 is 22.0 Å². The third-order valence-corrected chi connectivity index (χ3v) is 10.9. The molecule has 1 aromatic carbocycles. The van der Waals surface area contributed by atoms with E-state index in [0.717, 1.165) is 42.8 Å². The Morgan fingerprint density at radius 1 is 1.09 bits per heavy atom. The molecule has 0 radical (unpaired) electrons. The van der Waals surface area contributed by atoms with Crippen LogP contribution in [0.25, 0.3) is 5.57 Å². The smallest absolute Gasteiger partial charge is 0.183 e. The van der Waals surface area contributed by atoms with Crippen molar-refractivity contribution in [3.05, 3.63) is 52.5 Å². The van der Waals surface area contributed by atoms with Gasteiger partial charge in [-0.2, -0.15) is 0 Å². The fraction of sp³-hybridized carbons (Fsp3) is 0.607. The fourth-order valence-corrected chi connectivity index (χ4v) is 9.10. The van der Waals surface area contributed by atoms with E-state index in [9.17, 15) is 5.11 Å². The minimum Gasteiger partial charge on any atom is -0.393 e. The molecule has 32 heavy (non-hydrogen) atoms. The molecular weight excluding hydrogens is 412 g/mol. The summed E-state index contributed by atoms with van der Waals surface area (Å²) in [5, 5.41) is 15.4. The monoisotopic (exact) mass is 448 g/mol. The molecule has 0 spiro atoms. The summed E-state index contributed by atoms with van der Waals surface area (Å²) in [5.74, 6) is 2.21. The predicted octanol–water partition coefficient (Wildman–Crippen LogP) is 6.34. The summed E-state index contributed by atoms with van der Waals surface area (Å²) in [7, 11) is 0. The molecule has 3 nitrogen and oxygen atoms in total. The van der Waals surface area contributed by atoms with E-state index < -0.39 is 0 Å². The summed E-state index contributed by atoms with van der Waals surface area (Å²) in [6.07, 6.45) is 11.8.